The highest BCUT2D eigenvalue weighted by Gasteiger charge is 2.04. The van der Waals surface area contributed by atoms with Crippen molar-refractivity contribution in [2.75, 3.05) is 20.6 Å². The minimum atomic E-state index is 0. The van der Waals surface area contributed by atoms with Gasteiger partial charge < -0.3 is 4.90 Å². The van der Waals surface area contributed by atoms with Crippen LogP contribution in [0.1, 0.15) is 16.8 Å². The first kappa shape index (κ1) is 13.1. The third-order valence-corrected chi connectivity index (χ3v) is 1.77. The van der Waals surface area contributed by atoms with Gasteiger partial charge in [0.05, 0.1) is 0 Å². The first-order valence-electron chi connectivity index (χ1n) is 4.28. The molecule has 0 aliphatic rings. The predicted molar refractivity (Wildman–Crippen MR) is 59.0 cm³/mol. The van der Waals surface area contributed by atoms with Crippen LogP contribution in [0.5, 0.6) is 0 Å². The second kappa shape index (κ2) is 6.51. The predicted octanol–water partition coefficient (Wildman–Crippen LogP) is 1.64. The molecule has 1 heterocycles. The number of rotatable bonds is 4. The lowest BCUT2D eigenvalue weighted by Gasteiger charge is -2.07. The first-order chi connectivity index (χ1) is 6.20. The van der Waals surface area contributed by atoms with Gasteiger partial charge in [0.1, 0.15) is 0 Å². The van der Waals surface area contributed by atoms with Crippen molar-refractivity contribution in [3.63, 3.8) is 0 Å². The molecule has 1 aromatic rings. The van der Waals surface area contributed by atoms with Crippen LogP contribution in [0.2, 0.25) is 0 Å². The molecule has 0 N–H and O–H groups in total. The molecular weight excluding hydrogens is 200 g/mol. The maximum Gasteiger partial charge on any atom is 0.165 e. The van der Waals surface area contributed by atoms with E-state index in [1.165, 1.54) is 0 Å². The summed E-state index contributed by atoms with van der Waals surface area (Å²) >= 11 is 0. The van der Waals surface area contributed by atoms with Crippen LogP contribution in [0, 0.1) is 0 Å². The van der Waals surface area contributed by atoms with E-state index in [0.717, 1.165) is 6.54 Å². The number of nitrogens with zero attached hydrogens (tertiary/aromatic N) is 2. The van der Waals surface area contributed by atoms with Crippen LogP contribution in [0.4, 0.5) is 0 Å². The lowest BCUT2D eigenvalue weighted by Crippen LogP contribution is -2.16. The summed E-state index contributed by atoms with van der Waals surface area (Å²) in [7, 11) is 3.91. The highest BCUT2D eigenvalue weighted by molar-refractivity contribution is 5.95. The summed E-state index contributed by atoms with van der Waals surface area (Å²) in [6.07, 6.45) is 3.83. The van der Waals surface area contributed by atoms with E-state index in [2.05, 4.69) is 4.98 Å². The van der Waals surface area contributed by atoms with Crippen LogP contribution in [-0.4, -0.2) is 36.3 Å². The highest BCUT2D eigenvalue weighted by Crippen LogP contribution is 2.00. The molecule has 0 saturated carbocycles. The van der Waals surface area contributed by atoms with Crippen molar-refractivity contribution < 1.29 is 4.79 Å². The summed E-state index contributed by atoms with van der Waals surface area (Å²) in [6.45, 7) is 0.785. The number of hydrogen-bond acceptors (Lipinski definition) is 3. The van der Waals surface area contributed by atoms with Gasteiger partial charge in [-0.05, 0) is 26.2 Å². The van der Waals surface area contributed by atoms with E-state index in [0.29, 0.717) is 12.0 Å². The number of Topliss-reactive ketones (excluding diaryl/α,β-unsaturated/α-hetero) is 1. The van der Waals surface area contributed by atoms with Gasteiger partial charge in [0, 0.05) is 30.9 Å². The van der Waals surface area contributed by atoms with Gasteiger partial charge in [-0.1, -0.05) is 0 Å². The number of pyridine rings is 1. The number of carbonyl (C=O) groups is 1. The Balaban J connectivity index is 0.00000169. The summed E-state index contributed by atoms with van der Waals surface area (Å²) in [5.74, 6) is 0.154. The van der Waals surface area contributed by atoms with Crippen LogP contribution in [0.15, 0.2) is 24.5 Å². The third kappa shape index (κ3) is 4.35. The summed E-state index contributed by atoms with van der Waals surface area (Å²) < 4.78 is 0. The van der Waals surface area contributed by atoms with Crippen LogP contribution >= 0.6 is 12.4 Å². The molecule has 0 bridgehead atoms. The molecule has 4 heteroatoms. The van der Waals surface area contributed by atoms with Gasteiger partial charge in [0.25, 0.3) is 0 Å². The largest absolute Gasteiger partial charge is 0.309 e. The fraction of sp³-hybridized carbons (Fsp3) is 0.400. The smallest absolute Gasteiger partial charge is 0.165 e. The van der Waals surface area contributed by atoms with Gasteiger partial charge >= 0.3 is 0 Å². The van der Waals surface area contributed by atoms with Crippen molar-refractivity contribution in [3.05, 3.63) is 30.1 Å². The summed E-state index contributed by atoms with van der Waals surface area (Å²) in [4.78, 5) is 17.4. The van der Waals surface area contributed by atoms with E-state index in [1.807, 2.05) is 19.0 Å². The fourth-order valence-electron chi connectivity index (χ4n) is 0.997. The molecule has 14 heavy (non-hydrogen) atoms. The quantitative estimate of drug-likeness (QED) is 0.715. The zero-order chi connectivity index (χ0) is 9.68. The van der Waals surface area contributed by atoms with Crippen LogP contribution in [-0.2, 0) is 0 Å². The van der Waals surface area contributed by atoms with Gasteiger partial charge in [-0.3, -0.25) is 9.78 Å². The normalized spacial score (nSPS) is 9.64. The van der Waals surface area contributed by atoms with E-state index in [1.54, 1.807) is 24.5 Å². The van der Waals surface area contributed by atoms with Crippen molar-refractivity contribution in [2.45, 2.75) is 6.42 Å². The van der Waals surface area contributed by atoms with E-state index >= 15 is 0 Å². The molecule has 0 aromatic carbocycles. The third-order valence-electron chi connectivity index (χ3n) is 1.77. The Hall–Kier alpha value is -0.930. The molecule has 0 aliphatic carbocycles. The summed E-state index contributed by atoms with van der Waals surface area (Å²) in [5.41, 5.74) is 0.698. The van der Waals surface area contributed by atoms with Crippen LogP contribution in [0.25, 0.3) is 0 Å². The van der Waals surface area contributed by atoms with E-state index in [9.17, 15) is 4.79 Å². The molecule has 0 unspecified atom stereocenters. The average Bonchev–Trinajstić information content (AvgIpc) is 2.15. The topological polar surface area (TPSA) is 33.2 Å². The van der Waals surface area contributed by atoms with Gasteiger partial charge in [-0.15, -0.1) is 12.4 Å². The minimum Gasteiger partial charge on any atom is -0.309 e. The van der Waals surface area contributed by atoms with E-state index in [4.69, 9.17) is 0 Å². The van der Waals surface area contributed by atoms with Crippen molar-refractivity contribution in [1.29, 1.82) is 0 Å². The number of aromatic nitrogens is 1. The monoisotopic (exact) mass is 214 g/mol. The zero-order valence-electron chi connectivity index (χ0n) is 8.43. The Labute approximate surface area is 90.6 Å². The molecule has 0 fully saturated rings. The van der Waals surface area contributed by atoms with Crippen LogP contribution < -0.4 is 0 Å². The number of ketones is 1. The summed E-state index contributed by atoms with van der Waals surface area (Å²) in [6, 6.07) is 3.58. The van der Waals surface area contributed by atoms with Crippen LogP contribution in [0.3, 0.4) is 0 Å². The second-order valence-corrected chi connectivity index (χ2v) is 3.22. The van der Waals surface area contributed by atoms with Gasteiger partial charge in [0.2, 0.25) is 0 Å². The zero-order valence-corrected chi connectivity index (χ0v) is 9.25. The van der Waals surface area contributed by atoms with Crippen molar-refractivity contribution in [3.8, 4) is 0 Å². The fourth-order valence-corrected chi connectivity index (χ4v) is 0.997. The maximum absolute atomic E-state index is 11.5. The molecule has 0 spiro atoms. The highest BCUT2D eigenvalue weighted by atomic mass is 35.5. The molecule has 78 valence electrons. The molecule has 0 radical (unpaired) electrons. The number of halogens is 1. The molecule has 3 nitrogen and oxygen atoms in total. The Morgan fingerprint density at radius 2 is 2.21 bits per heavy atom. The average molecular weight is 215 g/mol. The van der Waals surface area contributed by atoms with Crippen molar-refractivity contribution in [2.24, 2.45) is 0 Å². The molecule has 0 atom stereocenters. The Bertz CT molecular complexity index is 275. The minimum absolute atomic E-state index is 0. The van der Waals surface area contributed by atoms with Crippen molar-refractivity contribution >= 4 is 18.2 Å². The molecule has 0 aliphatic heterocycles. The SMILES string of the molecule is CN(C)CCC(=O)c1cccnc1.Cl. The maximum atomic E-state index is 11.5. The first-order valence-corrected chi connectivity index (χ1v) is 4.28. The Morgan fingerprint density at radius 3 is 2.71 bits per heavy atom. The van der Waals surface area contributed by atoms with E-state index in [-0.39, 0.29) is 18.2 Å². The van der Waals surface area contributed by atoms with E-state index < -0.39 is 0 Å². The Kier molecular flexibility index (Phi) is 6.08. The second-order valence-electron chi connectivity index (χ2n) is 3.22. The van der Waals surface area contributed by atoms with Gasteiger partial charge in [-0.2, -0.15) is 0 Å². The molecule has 0 amide bonds. The Morgan fingerprint density at radius 1 is 1.50 bits per heavy atom. The summed E-state index contributed by atoms with van der Waals surface area (Å²) in [5, 5.41) is 0. The standard InChI is InChI=1S/C10H14N2O.ClH/c1-12(2)7-5-10(13)9-4-3-6-11-8-9;/h3-4,6,8H,5,7H2,1-2H3;1H. The lowest BCUT2D eigenvalue weighted by atomic mass is 10.1. The number of hydrogen-bond donors (Lipinski definition) is 0. The molecule has 1 rings (SSSR count). The van der Waals surface area contributed by atoms with Gasteiger partial charge in [0.15, 0.2) is 5.78 Å². The molecular formula is C10H15ClN2O. The lowest BCUT2D eigenvalue weighted by molar-refractivity contribution is 0.0972. The van der Waals surface area contributed by atoms with Crippen molar-refractivity contribution in [1.82, 2.24) is 9.88 Å². The van der Waals surface area contributed by atoms with Gasteiger partial charge in [-0.25, -0.2) is 0 Å². The molecule has 0 saturated heterocycles. The number of carbonyl (C=O) groups excluding carboxylic acids is 1. The molecule has 1 aromatic heterocycles.